The number of hydrogen-bond donors (Lipinski definition) is 1. The van der Waals surface area contributed by atoms with Crippen LogP contribution in [0, 0.1) is 5.82 Å². The lowest BCUT2D eigenvalue weighted by molar-refractivity contribution is -0.139. The molecule has 0 radical (unpaired) electrons. The minimum absolute atomic E-state index is 0.104. The average Bonchev–Trinajstić information content (AvgIpc) is 1.99. The summed E-state index contributed by atoms with van der Waals surface area (Å²) in [5.74, 6) is -1.58. The summed E-state index contributed by atoms with van der Waals surface area (Å²) in [5, 5.41) is 8.43. The summed E-state index contributed by atoms with van der Waals surface area (Å²) in [6.07, 6.45) is 0. The Kier molecular flexibility index (Phi) is 3.08. The first-order valence-corrected chi connectivity index (χ1v) is 3.76. The van der Waals surface area contributed by atoms with E-state index < -0.39 is 18.4 Å². The summed E-state index contributed by atoms with van der Waals surface area (Å²) in [6, 6.07) is 3.51. The maximum atomic E-state index is 12.6. The zero-order chi connectivity index (χ0) is 9.84. The predicted octanol–water partition coefficient (Wildman–Crippen LogP) is 1.94. The molecule has 70 valence electrons. The second kappa shape index (κ2) is 4.09. The van der Waals surface area contributed by atoms with Crippen molar-refractivity contribution in [3.05, 3.63) is 29.0 Å². The summed E-state index contributed by atoms with van der Waals surface area (Å²) in [5.41, 5.74) is 0. The lowest BCUT2D eigenvalue weighted by Crippen LogP contribution is -2.09. The van der Waals surface area contributed by atoms with E-state index >= 15 is 0 Å². The third-order valence-corrected chi connectivity index (χ3v) is 1.42. The van der Waals surface area contributed by atoms with Crippen LogP contribution in [-0.4, -0.2) is 17.7 Å². The van der Waals surface area contributed by atoms with Crippen molar-refractivity contribution in [2.75, 3.05) is 6.61 Å². The van der Waals surface area contributed by atoms with E-state index in [0.29, 0.717) is 0 Å². The Morgan fingerprint density at radius 1 is 1.54 bits per heavy atom. The molecule has 0 aliphatic rings. The molecule has 1 aromatic carbocycles. The molecular weight excluding hydrogens is 199 g/mol. The molecule has 1 aromatic rings. The monoisotopic (exact) mass is 204 g/mol. The maximum absolute atomic E-state index is 12.6. The van der Waals surface area contributed by atoms with Gasteiger partial charge in [0.15, 0.2) is 6.61 Å². The Morgan fingerprint density at radius 2 is 2.23 bits per heavy atom. The number of halogens is 2. The molecule has 13 heavy (non-hydrogen) atoms. The van der Waals surface area contributed by atoms with E-state index in [9.17, 15) is 9.18 Å². The van der Waals surface area contributed by atoms with Gasteiger partial charge in [-0.05, 0) is 12.1 Å². The van der Waals surface area contributed by atoms with E-state index in [0.717, 1.165) is 12.1 Å². The number of benzene rings is 1. The molecule has 3 nitrogen and oxygen atoms in total. The molecule has 0 aliphatic carbocycles. The molecule has 0 saturated heterocycles. The van der Waals surface area contributed by atoms with Gasteiger partial charge in [-0.3, -0.25) is 0 Å². The van der Waals surface area contributed by atoms with Gasteiger partial charge in [-0.25, -0.2) is 9.18 Å². The molecule has 0 saturated carbocycles. The van der Waals surface area contributed by atoms with Crippen LogP contribution in [0.1, 0.15) is 0 Å². The van der Waals surface area contributed by atoms with E-state index in [1.165, 1.54) is 6.07 Å². The molecule has 0 spiro atoms. The van der Waals surface area contributed by atoms with E-state index in [1.807, 2.05) is 0 Å². The highest BCUT2D eigenvalue weighted by atomic mass is 35.5. The summed E-state index contributed by atoms with van der Waals surface area (Å²) in [4.78, 5) is 10.1. The first kappa shape index (κ1) is 9.80. The number of aliphatic carboxylic acids is 1. The van der Waals surface area contributed by atoms with Gasteiger partial charge < -0.3 is 9.84 Å². The molecule has 0 bridgehead atoms. The van der Waals surface area contributed by atoms with Crippen molar-refractivity contribution in [2.45, 2.75) is 0 Å². The van der Waals surface area contributed by atoms with Crippen LogP contribution in [0.3, 0.4) is 0 Å². The number of carbonyl (C=O) groups is 1. The molecule has 0 fully saturated rings. The number of rotatable bonds is 3. The van der Waals surface area contributed by atoms with Crippen LogP contribution in [0.5, 0.6) is 5.75 Å². The fraction of sp³-hybridized carbons (Fsp3) is 0.125. The van der Waals surface area contributed by atoms with E-state index in [2.05, 4.69) is 0 Å². The van der Waals surface area contributed by atoms with Crippen LogP contribution in [-0.2, 0) is 4.79 Å². The first-order chi connectivity index (χ1) is 6.08. The molecule has 0 unspecified atom stereocenters. The molecule has 1 rings (SSSR count). The smallest absolute Gasteiger partial charge is 0.341 e. The van der Waals surface area contributed by atoms with Crippen LogP contribution in [0.15, 0.2) is 18.2 Å². The standard InChI is InChI=1S/C8H6ClFO3/c9-5-1-6(10)3-7(2-5)13-4-8(11)12/h1-3H,4H2,(H,11,12). The van der Waals surface area contributed by atoms with Gasteiger partial charge in [0, 0.05) is 11.1 Å². The number of hydrogen-bond acceptors (Lipinski definition) is 2. The van der Waals surface area contributed by atoms with Crippen LogP contribution in [0.25, 0.3) is 0 Å². The topological polar surface area (TPSA) is 46.5 Å². The lowest BCUT2D eigenvalue weighted by Gasteiger charge is -2.02. The summed E-state index contributed by atoms with van der Waals surface area (Å²) in [6.45, 7) is -0.514. The second-order valence-electron chi connectivity index (χ2n) is 2.29. The normalized spacial score (nSPS) is 9.69. The molecule has 0 heterocycles. The average molecular weight is 205 g/mol. The van der Waals surface area contributed by atoms with Crippen molar-refractivity contribution in [3.63, 3.8) is 0 Å². The highest BCUT2D eigenvalue weighted by Gasteiger charge is 2.02. The van der Waals surface area contributed by atoms with Crippen molar-refractivity contribution >= 4 is 17.6 Å². The third-order valence-electron chi connectivity index (χ3n) is 1.20. The molecule has 0 aromatic heterocycles. The van der Waals surface area contributed by atoms with Crippen LogP contribution in [0.4, 0.5) is 4.39 Å². The Bertz CT molecular complexity index is 307. The molecule has 1 N–H and O–H groups in total. The molecule has 0 amide bonds. The summed E-state index contributed by atoms with van der Waals surface area (Å²) >= 11 is 5.50. The van der Waals surface area contributed by atoms with Crippen molar-refractivity contribution in [1.82, 2.24) is 0 Å². The number of ether oxygens (including phenoxy) is 1. The molecule has 0 aliphatic heterocycles. The largest absolute Gasteiger partial charge is 0.482 e. The van der Waals surface area contributed by atoms with Gasteiger partial charge in [0.25, 0.3) is 0 Å². The minimum atomic E-state index is -1.12. The van der Waals surface area contributed by atoms with Crippen molar-refractivity contribution in [2.24, 2.45) is 0 Å². The fourth-order valence-electron chi connectivity index (χ4n) is 0.757. The second-order valence-corrected chi connectivity index (χ2v) is 2.72. The summed E-state index contributed by atoms with van der Waals surface area (Å²) < 4.78 is 17.3. The van der Waals surface area contributed by atoms with Crippen molar-refractivity contribution < 1.29 is 19.0 Å². The van der Waals surface area contributed by atoms with Crippen molar-refractivity contribution in [1.29, 1.82) is 0 Å². The van der Waals surface area contributed by atoms with Crippen LogP contribution in [0.2, 0.25) is 5.02 Å². The Balaban J connectivity index is 2.71. The van der Waals surface area contributed by atoms with Gasteiger partial charge in [-0.15, -0.1) is 0 Å². The van der Waals surface area contributed by atoms with Crippen molar-refractivity contribution in [3.8, 4) is 5.75 Å². The quantitative estimate of drug-likeness (QED) is 0.819. The molecular formula is C8H6ClFO3. The zero-order valence-corrected chi connectivity index (χ0v) is 7.21. The van der Waals surface area contributed by atoms with Gasteiger partial charge in [0.05, 0.1) is 0 Å². The van der Waals surface area contributed by atoms with Gasteiger partial charge in [-0.2, -0.15) is 0 Å². The lowest BCUT2D eigenvalue weighted by atomic mass is 10.3. The van der Waals surface area contributed by atoms with E-state index in [1.54, 1.807) is 0 Å². The van der Waals surface area contributed by atoms with E-state index in [4.69, 9.17) is 21.4 Å². The molecule has 0 atom stereocenters. The minimum Gasteiger partial charge on any atom is -0.482 e. The van der Waals surface area contributed by atoms with Crippen LogP contribution >= 0.6 is 11.6 Å². The maximum Gasteiger partial charge on any atom is 0.341 e. The van der Waals surface area contributed by atoms with E-state index in [-0.39, 0.29) is 10.8 Å². The number of carboxylic acids is 1. The highest BCUT2D eigenvalue weighted by Crippen LogP contribution is 2.19. The van der Waals surface area contributed by atoms with Crippen LogP contribution < -0.4 is 4.74 Å². The Labute approximate surface area is 78.7 Å². The Hall–Kier alpha value is -1.29. The van der Waals surface area contributed by atoms with Gasteiger partial charge in [0.1, 0.15) is 11.6 Å². The van der Waals surface area contributed by atoms with Gasteiger partial charge >= 0.3 is 5.97 Å². The SMILES string of the molecule is O=C(O)COc1cc(F)cc(Cl)c1. The van der Waals surface area contributed by atoms with Gasteiger partial charge in [0.2, 0.25) is 0 Å². The fourth-order valence-corrected chi connectivity index (χ4v) is 0.969. The van der Waals surface area contributed by atoms with Gasteiger partial charge in [-0.1, -0.05) is 11.6 Å². The first-order valence-electron chi connectivity index (χ1n) is 3.38. The Morgan fingerprint density at radius 3 is 2.77 bits per heavy atom. The predicted molar refractivity (Wildman–Crippen MR) is 44.5 cm³/mol. The number of carboxylic acid groups (broad SMARTS) is 1. The highest BCUT2D eigenvalue weighted by molar-refractivity contribution is 6.30. The molecule has 5 heteroatoms. The summed E-state index contributed by atoms with van der Waals surface area (Å²) in [7, 11) is 0. The zero-order valence-electron chi connectivity index (χ0n) is 6.46. The third kappa shape index (κ3) is 3.29.